The molecule has 0 amide bonds. The van der Waals surface area contributed by atoms with Crippen molar-refractivity contribution in [1.29, 1.82) is 15.8 Å². The van der Waals surface area contributed by atoms with Crippen molar-refractivity contribution in [3.8, 4) is 29.3 Å². The van der Waals surface area contributed by atoms with Crippen molar-refractivity contribution in [1.82, 2.24) is 4.98 Å². The molecule has 1 heterocycles. The molecule has 3 rings (SSSR count). The second-order valence-electron chi connectivity index (χ2n) is 8.69. The summed E-state index contributed by atoms with van der Waals surface area (Å²) in [5.74, 6) is 0.546. The van der Waals surface area contributed by atoms with Gasteiger partial charge in [0.25, 0.3) is 0 Å². The molecule has 5 nitrogen and oxygen atoms in total. The van der Waals surface area contributed by atoms with E-state index in [9.17, 15) is 10.5 Å². The lowest BCUT2D eigenvalue weighted by molar-refractivity contribution is 0.850. The number of nitrogens with zero attached hydrogens (tertiary/aromatic N) is 5. The zero-order chi connectivity index (χ0) is 26.8. The first kappa shape index (κ1) is 27.4. The first-order valence-electron chi connectivity index (χ1n) is 12.1. The third kappa shape index (κ3) is 6.95. The summed E-state index contributed by atoms with van der Waals surface area (Å²) >= 11 is 1.45. The predicted molar refractivity (Wildman–Crippen MR) is 150 cm³/mol. The molecule has 1 aromatic heterocycles. The fourth-order valence-corrected chi connectivity index (χ4v) is 4.93. The lowest BCUT2D eigenvalue weighted by atomic mass is 9.94. The van der Waals surface area contributed by atoms with E-state index in [0.717, 1.165) is 40.9 Å². The highest BCUT2D eigenvalue weighted by Gasteiger charge is 2.20. The molecule has 0 aliphatic rings. The van der Waals surface area contributed by atoms with Crippen molar-refractivity contribution in [2.75, 3.05) is 5.75 Å². The molecular formula is C31H29N5S. The Morgan fingerprint density at radius 2 is 1.65 bits per heavy atom. The van der Waals surface area contributed by atoms with Crippen molar-refractivity contribution < 1.29 is 0 Å². The van der Waals surface area contributed by atoms with Gasteiger partial charge in [0.2, 0.25) is 0 Å². The second-order valence-corrected chi connectivity index (χ2v) is 9.66. The highest BCUT2D eigenvalue weighted by Crippen LogP contribution is 2.35. The van der Waals surface area contributed by atoms with Crippen molar-refractivity contribution >= 4 is 17.5 Å². The number of aryl methyl sites for hydroxylation is 3. The molecule has 0 saturated heterocycles. The number of thioether (sulfide) groups is 1. The molecule has 0 unspecified atom stereocenters. The van der Waals surface area contributed by atoms with Gasteiger partial charge >= 0.3 is 0 Å². The summed E-state index contributed by atoms with van der Waals surface area (Å²) in [5, 5.41) is 29.4. The van der Waals surface area contributed by atoms with E-state index in [1.807, 2.05) is 44.2 Å². The number of pyridine rings is 1. The number of unbranched alkanes of at least 4 members (excludes halogenated alkanes) is 1. The van der Waals surface area contributed by atoms with Gasteiger partial charge in [-0.25, -0.2) is 4.98 Å². The van der Waals surface area contributed by atoms with E-state index in [0.29, 0.717) is 39.6 Å². The SMILES string of the molecule is C/C=C(/CSc1nc(C)c(C#N)c(-c2ccc(CCCC#N)cc2)c1C#N)N=C(C)c1ccc(C)cc1. The maximum Gasteiger partial charge on any atom is 0.115 e. The smallest absolute Gasteiger partial charge is 0.115 e. The van der Waals surface area contributed by atoms with E-state index in [2.05, 4.69) is 54.4 Å². The van der Waals surface area contributed by atoms with Gasteiger partial charge < -0.3 is 0 Å². The molecule has 0 N–H and O–H groups in total. The fourth-order valence-electron chi connectivity index (χ4n) is 3.92. The Balaban J connectivity index is 1.91. The minimum absolute atomic E-state index is 0.402. The van der Waals surface area contributed by atoms with Crippen molar-refractivity contribution in [2.24, 2.45) is 4.99 Å². The number of rotatable bonds is 9. The van der Waals surface area contributed by atoms with E-state index in [4.69, 9.17) is 10.3 Å². The molecule has 0 saturated carbocycles. The molecule has 184 valence electrons. The average molecular weight is 504 g/mol. The Hall–Kier alpha value is -4.18. The van der Waals surface area contributed by atoms with Gasteiger partial charge in [0.05, 0.1) is 22.9 Å². The van der Waals surface area contributed by atoms with Crippen LogP contribution in [0.25, 0.3) is 11.1 Å². The van der Waals surface area contributed by atoms with Crippen LogP contribution in [0.2, 0.25) is 0 Å². The van der Waals surface area contributed by atoms with Gasteiger partial charge in [-0.2, -0.15) is 15.8 Å². The third-order valence-electron chi connectivity index (χ3n) is 6.04. The van der Waals surface area contributed by atoms with Gasteiger partial charge in [0, 0.05) is 29.1 Å². The normalized spacial score (nSPS) is 11.5. The Kier molecular flexibility index (Phi) is 9.79. The number of hydrogen-bond acceptors (Lipinski definition) is 6. The van der Waals surface area contributed by atoms with E-state index >= 15 is 0 Å². The lowest BCUT2D eigenvalue weighted by Gasteiger charge is -2.14. The van der Waals surface area contributed by atoms with Crippen LogP contribution in [0.1, 0.15) is 60.2 Å². The van der Waals surface area contributed by atoms with E-state index in [-0.39, 0.29) is 0 Å². The van der Waals surface area contributed by atoms with Crippen LogP contribution >= 0.6 is 11.8 Å². The van der Waals surface area contributed by atoms with Crippen LogP contribution in [-0.2, 0) is 6.42 Å². The number of nitriles is 3. The zero-order valence-corrected chi connectivity index (χ0v) is 22.5. The molecule has 0 fully saturated rings. The second kappa shape index (κ2) is 13.2. The molecule has 0 bridgehead atoms. The maximum absolute atomic E-state index is 10.1. The minimum atomic E-state index is 0.402. The van der Waals surface area contributed by atoms with Gasteiger partial charge in [0.15, 0.2) is 0 Å². The van der Waals surface area contributed by atoms with Gasteiger partial charge in [-0.05, 0) is 57.2 Å². The summed E-state index contributed by atoms with van der Waals surface area (Å²) in [5.41, 5.74) is 8.04. The number of benzene rings is 2. The summed E-state index contributed by atoms with van der Waals surface area (Å²) in [6.45, 7) is 7.81. The first-order valence-corrected chi connectivity index (χ1v) is 13.1. The monoisotopic (exact) mass is 503 g/mol. The Morgan fingerprint density at radius 1 is 0.973 bits per heavy atom. The van der Waals surface area contributed by atoms with Crippen molar-refractivity contribution in [2.45, 2.75) is 52.0 Å². The zero-order valence-electron chi connectivity index (χ0n) is 21.7. The predicted octanol–water partition coefficient (Wildman–Crippen LogP) is 7.46. The highest BCUT2D eigenvalue weighted by atomic mass is 32.2. The summed E-state index contributed by atoms with van der Waals surface area (Å²) in [4.78, 5) is 9.45. The molecular weight excluding hydrogens is 474 g/mol. The third-order valence-corrected chi connectivity index (χ3v) is 7.04. The molecule has 2 aromatic carbocycles. The van der Waals surface area contributed by atoms with Gasteiger partial charge in [0.1, 0.15) is 17.2 Å². The molecule has 37 heavy (non-hydrogen) atoms. The topological polar surface area (TPSA) is 96.6 Å². The maximum atomic E-state index is 10.1. The number of hydrogen-bond donors (Lipinski definition) is 0. The van der Waals surface area contributed by atoms with Crippen LogP contribution in [0, 0.1) is 47.8 Å². The molecule has 0 atom stereocenters. The molecule has 0 spiro atoms. The van der Waals surface area contributed by atoms with Gasteiger partial charge in [-0.1, -0.05) is 71.9 Å². The average Bonchev–Trinajstić information content (AvgIpc) is 2.91. The van der Waals surface area contributed by atoms with E-state index in [1.54, 1.807) is 6.92 Å². The Morgan fingerprint density at radius 3 is 2.24 bits per heavy atom. The van der Waals surface area contributed by atoms with Crippen LogP contribution in [0.5, 0.6) is 0 Å². The minimum Gasteiger partial charge on any atom is -0.257 e. The van der Waals surface area contributed by atoms with Crippen LogP contribution in [0.4, 0.5) is 0 Å². The molecule has 0 radical (unpaired) electrons. The fraction of sp³-hybridized carbons (Fsp3) is 0.258. The highest BCUT2D eigenvalue weighted by molar-refractivity contribution is 7.99. The summed E-state index contributed by atoms with van der Waals surface area (Å²) < 4.78 is 0. The number of aromatic nitrogens is 1. The molecule has 0 aliphatic carbocycles. The number of aliphatic imine (C=N–C) groups is 1. The van der Waals surface area contributed by atoms with Gasteiger partial charge in [-0.3, -0.25) is 4.99 Å². The first-order chi connectivity index (χ1) is 17.9. The summed E-state index contributed by atoms with van der Waals surface area (Å²) in [6.07, 6.45) is 4.11. The van der Waals surface area contributed by atoms with Crippen molar-refractivity contribution in [3.63, 3.8) is 0 Å². The molecule has 0 aliphatic heterocycles. The van der Waals surface area contributed by atoms with Crippen LogP contribution in [0.15, 0.2) is 70.3 Å². The summed E-state index contributed by atoms with van der Waals surface area (Å²) in [6, 6.07) is 22.9. The number of allylic oxidation sites excluding steroid dienone is 1. The van der Waals surface area contributed by atoms with E-state index < -0.39 is 0 Å². The van der Waals surface area contributed by atoms with Gasteiger partial charge in [-0.15, -0.1) is 0 Å². The van der Waals surface area contributed by atoms with Crippen LogP contribution in [-0.4, -0.2) is 16.4 Å². The Labute approximate surface area is 223 Å². The van der Waals surface area contributed by atoms with E-state index in [1.165, 1.54) is 17.3 Å². The van der Waals surface area contributed by atoms with Crippen LogP contribution in [0.3, 0.4) is 0 Å². The van der Waals surface area contributed by atoms with Crippen molar-refractivity contribution in [3.05, 3.63) is 93.8 Å². The quantitative estimate of drug-likeness (QED) is 0.171. The molecule has 3 aromatic rings. The molecule has 6 heteroatoms. The Bertz CT molecular complexity index is 1440. The standard InChI is InChI=1S/C31H29N5S/c1-5-27(35-22(3)25-13-9-21(2)10-14-25)20-37-31-29(19-34)30(28(18-33)23(4)36-31)26-15-11-24(12-16-26)8-6-7-17-32/h5,9-16H,6-8,20H2,1-4H3/b27-5-,35-22?. The lowest BCUT2D eigenvalue weighted by Crippen LogP contribution is -2.02. The van der Waals surface area contributed by atoms with Crippen LogP contribution < -0.4 is 0 Å². The largest absolute Gasteiger partial charge is 0.257 e. The summed E-state index contributed by atoms with van der Waals surface area (Å²) in [7, 11) is 0.